The predicted octanol–water partition coefficient (Wildman–Crippen LogP) is 5.60. The van der Waals surface area contributed by atoms with Crippen LogP contribution in [-0.4, -0.2) is 11.0 Å². The van der Waals surface area contributed by atoms with Crippen LogP contribution in [0.2, 0.25) is 0 Å². The molecule has 4 rings (SSSR count). The molecule has 0 saturated carbocycles. The van der Waals surface area contributed by atoms with Gasteiger partial charge >= 0.3 is 0 Å². The van der Waals surface area contributed by atoms with E-state index < -0.39 is 0 Å². The smallest absolute Gasteiger partial charge is 0.224 e. The number of anilines is 2. The summed E-state index contributed by atoms with van der Waals surface area (Å²) in [5.41, 5.74) is 3.11. The van der Waals surface area contributed by atoms with E-state index >= 15 is 0 Å². The molecule has 0 fully saturated rings. The minimum absolute atomic E-state index is 0.0621. The summed E-state index contributed by atoms with van der Waals surface area (Å²) in [4.78, 5) is 14.9. The molecule has 4 aromatic rings. The number of thiophene rings is 2. The number of phenolic OH excluding ortho intramolecular Hbond substituents is 1. The van der Waals surface area contributed by atoms with E-state index in [1.54, 1.807) is 22.7 Å². The molecule has 0 saturated heterocycles. The van der Waals surface area contributed by atoms with E-state index in [0.29, 0.717) is 31.0 Å². The Labute approximate surface area is 195 Å². The van der Waals surface area contributed by atoms with Crippen molar-refractivity contribution in [1.82, 2.24) is 5.32 Å². The van der Waals surface area contributed by atoms with Gasteiger partial charge in [-0.25, -0.2) is 0 Å². The van der Waals surface area contributed by atoms with Gasteiger partial charge in [0.1, 0.15) is 0 Å². The van der Waals surface area contributed by atoms with Crippen molar-refractivity contribution in [3.05, 3.63) is 98.4 Å². The molecule has 1 amide bonds. The number of carbonyl (C=O) groups excluding carboxylic acids is 1. The van der Waals surface area contributed by atoms with E-state index in [1.165, 1.54) is 9.75 Å². The molecule has 0 aliphatic heterocycles. The summed E-state index contributed by atoms with van der Waals surface area (Å²) in [5, 5.41) is 24.5. The van der Waals surface area contributed by atoms with E-state index in [0.717, 1.165) is 11.1 Å². The number of nitrogens with one attached hydrogen (secondary N) is 3. The Balaban J connectivity index is 1.47. The maximum atomic E-state index is 12.6. The summed E-state index contributed by atoms with van der Waals surface area (Å²) < 4.78 is 0. The number of hydrogen-bond acceptors (Lipinski definition) is 6. The largest absolute Gasteiger partial charge is 0.504 e. The average molecular weight is 464 g/mol. The minimum atomic E-state index is -0.0621. The lowest BCUT2D eigenvalue weighted by Crippen LogP contribution is -2.24. The highest BCUT2D eigenvalue weighted by Gasteiger charge is 2.13. The predicted molar refractivity (Wildman–Crippen MR) is 133 cm³/mol. The SMILES string of the molecule is O=C(Cc1cc(NCc2cccs2)c(O)c(NCc2cccs2)c1)NCc1ccccc1. The van der Waals surface area contributed by atoms with E-state index in [1.807, 2.05) is 77.5 Å². The fraction of sp³-hybridized carbons (Fsp3) is 0.160. The summed E-state index contributed by atoms with van der Waals surface area (Å²) in [6.07, 6.45) is 0.231. The Kier molecular flexibility index (Phi) is 7.42. The Morgan fingerprint density at radius 2 is 1.34 bits per heavy atom. The zero-order chi connectivity index (χ0) is 22.2. The third kappa shape index (κ3) is 6.12. The molecular formula is C25H25N3O2S2. The number of hydrogen-bond donors (Lipinski definition) is 4. The van der Waals surface area contributed by atoms with E-state index in [4.69, 9.17) is 0 Å². The van der Waals surface area contributed by atoms with Crippen LogP contribution in [0.4, 0.5) is 11.4 Å². The standard InChI is InChI=1S/C25H25N3O2S2/c29-24(28-15-18-6-2-1-3-7-18)14-19-12-22(26-16-20-8-4-10-31-20)25(30)23(13-19)27-17-21-9-5-11-32-21/h1-13,26-27,30H,14-17H2,(H,28,29). The van der Waals surface area contributed by atoms with Gasteiger partial charge in [0.2, 0.25) is 5.91 Å². The van der Waals surface area contributed by atoms with E-state index in [9.17, 15) is 9.90 Å². The first-order valence-corrected chi connectivity index (χ1v) is 12.1. The average Bonchev–Trinajstić information content (AvgIpc) is 3.52. The molecule has 0 bridgehead atoms. The van der Waals surface area contributed by atoms with E-state index in [2.05, 4.69) is 16.0 Å². The molecular weight excluding hydrogens is 438 g/mol. The third-order valence-corrected chi connectivity index (χ3v) is 6.69. The molecule has 4 N–H and O–H groups in total. The number of amides is 1. The topological polar surface area (TPSA) is 73.4 Å². The van der Waals surface area contributed by atoms with Gasteiger partial charge in [0.05, 0.1) is 17.8 Å². The highest BCUT2D eigenvalue weighted by Crippen LogP contribution is 2.35. The highest BCUT2D eigenvalue weighted by molar-refractivity contribution is 7.10. The molecule has 0 unspecified atom stereocenters. The van der Waals surface area contributed by atoms with Crippen molar-refractivity contribution < 1.29 is 9.90 Å². The maximum absolute atomic E-state index is 12.6. The van der Waals surface area contributed by atoms with Crippen molar-refractivity contribution in [1.29, 1.82) is 0 Å². The molecule has 2 aromatic carbocycles. The summed E-state index contributed by atoms with van der Waals surface area (Å²) in [6, 6.07) is 21.6. The van der Waals surface area contributed by atoms with Gasteiger partial charge < -0.3 is 21.1 Å². The normalized spacial score (nSPS) is 10.6. The Morgan fingerprint density at radius 3 is 1.88 bits per heavy atom. The Morgan fingerprint density at radius 1 is 0.750 bits per heavy atom. The number of rotatable bonds is 10. The molecule has 0 aliphatic carbocycles. The van der Waals surface area contributed by atoms with Gasteiger partial charge in [0.15, 0.2) is 5.75 Å². The van der Waals surface area contributed by atoms with Crippen molar-refractivity contribution in [2.75, 3.05) is 10.6 Å². The monoisotopic (exact) mass is 463 g/mol. The fourth-order valence-electron chi connectivity index (χ4n) is 3.30. The fourth-order valence-corrected chi connectivity index (χ4v) is 4.59. The van der Waals surface area contributed by atoms with Crippen molar-refractivity contribution in [3.63, 3.8) is 0 Å². The molecule has 32 heavy (non-hydrogen) atoms. The first kappa shape index (κ1) is 21.9. The molecule has 5 nitrogen and oxygen atoms in total. The van der Waals surface area contributed by atoms with Gasteiger partial charge in [-0.3, -0.25) is 4.79 Å². The van der Waals surface area contributed by atoms with Crippen molar-refractivity contribution in [3.8, 4) is 5.75 Å². The molecule has 164 valence electrons. The molecule has 0 spiro atoms. The molecule has 0 atom stereocenters. The maximum Gasteiger partial charge on any atom is 0.224 e. The highest BCUT2D eigenvalue weighted by atomic mass is 32.1. The van der Waals surface area contributed by atoms with Crippen LogP contribution in [0.15, 0.2) is 77.5 Å². The number of aromatic hydroxyl groups is 1. The lowest BCUT2D eigenvalue weighted by molar-refractivity contribution is -0.120. The van der Waals surface area contributed by atoms with Crippen LogP contribution >= 0.6 is 22.7 Å². The van der Waals surface area contributed by atoms with Crippen LogP contribution in [-0.2, 0) is 30.8 Å². The second kappa shape index (κ2) is 10.8. The molecule has 0 radical (unpaired) electrons. The van der Waals surface area contributed by atoms with Crippen molar-refractivity contribution in [2.45, 2.75) is 26.1 Å². The lowest BCUT2D eigenvalue weighted by atomic mass is 10.1. The minimum Gasteiger partial charge on any atom is -0.504 e. The van der Waals surface area contributed by atoms with Gasteiger partial charge in [-0.1, -0.05) is 42.5 Å². The summed E-state index contributed by atoms with van der Waals surface area (Å²) in [7, 11) is 0. The first-order chi connectivity index (χ1) is 15.7. The zero-order valence-electron chi connectivity index (χ0n) is 17.5. The summed E-state index contributed by atoms with van der Waals surface area (Å²) in [5.74, 6) is 0.0968. The Hall–Kier alpha value is -3.29. The summed E-state index contributed by atoms with van der Waals surface area (Å²) >= 11 is 3.32. The van der Waals surface area contributed by atoms with Gasteiger partial charge in [-0.2, -0.15) is 0 Å². The van der Waals surface area contributed by atoms with E-state index in [-0.39, 0.29) is 18.1 Å². The van der Waals surface area contributed by atoms with Crippen molar-refractivity contribution in [2.24, 2.45) is 0 Å². The molecule has 2 heterocycles. The van der Waals surface area contributed by atoms with Crippen LogP contribution < -0.4 is 16.0 Å². The summed E-state index contributed by atoms with van der Waals surface area (Å²) in [6.45, 7) is 1.71. The lowest BCUT2D eigenvalue weighted by Gasteiger charge is -2.16. The number of benzene rings is 2. The second-order valence-electron chi connectivity index (χ2n) is 7.34. The molecule has 7 heteroatoms. The van der Waals surface area contributed by atoms with Crippen molar-refractivity contribution >= 4 is 40.0 Å². The van der Waals surface area contributed by atoms with Crippen LogP contribution in [0.5, 0.6) is 5.75 Å². The number of phenols is 1. The molecule has 0 aliphatic rings. The van der Waals surface area contributed by atoms with Crippen LogP contribution in [0.25, 0.3) is 0 Å². The third-order valence-electron chi connectivity index (χ3n) is 4.93. The van der Waals surface area contributed by atoms with Gasteiger partial charge in [0.25, 0.3) is 0 Å². The Bertz CT molecular complexity index is 1070. The number of carbonyl (C=O) groups is 1. The quantitative estimate of drug-likeness (QED) is 0.231. The van der Waals surface area contributed by atoms with Gasteiger partial charge in [-0.15, -0.1) is 22.7 Å². The van der Waals surface area contributed by atoms with Crippen LogP contribution in [0.3, 0.4) is 0 Å². The second-order valence-corrected chi connectivity index (χ2v) is 9.41. The molecule has 2 aromatic heterocycles. The first-order valence-electron chi connectivity index (χ1n) is 10.4. The van der Waals surface area contributed by atoms with Crippen LogP contribution in [0, 0.1) is 0 Å². The zero-order valence-corrected chi connectivity index (χ0v) is 19.1. The van der Waals surface area contributed by atoms with Crippen LogP contribution in [0.1, 0.15) is 20.9 Å². The van der Waals surface area contributed by atoms with Gasteiger partial charge in [0, 0.05) is 29.4 Å². The van der Waals surface area contributed by atoms with Gasteiger partial charge in [-0.05, 0) is 46.2 Å².